The molecule has 0 aliphatic heterocycles. The molecule has 0 radical (unpaired) electrons. The minimum absolute atomic E-state index is 0.419. The van der Waals surface area contributed by atoms with Crippen molar-refractivity contribution >= 4 is 10.5 Å². The summed E-state index contributed by atoms with van der Waals surface area (Å²) in [7, 11) is -6.23. The Morgan fingerprint density at radius 1 is 1.14 bits per heavy atom. The third-order valence-electron chi connectivity index (χ3n) is 0.797. The van der Waals surface area contributed by atoms with Gasteiger partial charge in [-0.1, -0.05) is 27.3 Å². The molecule has 0 spiro atoms. The Morgan fingerprint density at radius 2 is 1.50 bits per heavy atom. The molecule has 0 aromatic carbocycles. The van der Waals surface area contributed by atoms with Crippen LogP contribution in [0.25, 0.3) is 0 Å². The monoisotopic (exact) mass is 249 g/mol. The van der Waals surface area contributed by atoms with Crippen molar-refractivity contribution in [3.05, 3.63) is 0 Å². The molecule has 0 heterocycles. The van der Waals surface area contributed by atoms with Crippen LogP contribution in [0.5, 0.6) is 0 Å². The van der Waals surface area contributed by atoms with Crippen LogP contribution in [0.2, 0.25) is 0 Å². The van der Waals surface area contributed by atoms with Crippen LogP contribution in [-0.2, 0) is 14.7 Å². The van der Waals surface area contributed by atoms with Crippen molar-refractivity contribution in [2.24, 2.45) is 0 Å². The van der Waals surface area contributed by atoms with E-state index in [4.69, 9.17) is 0 Å². The van der Waals surface area contributed by atoms with Crippen molar-refractivity contribution in [2.75, 3.05) is 0 Å². The molecule has 0 fully saturated rings. The molecule has 0 amide bonds. The fraction of sp³-hybridized carbons (Fsp3) is 1.00. The maximum absolute atomic E-state index is 11.6. The molecule has 86 valence electrons. The van der Waals surface area contributed by atoms with E-state index in [1.807, 2.05) is 0 Å². The van der Waals surface area contributed by atoms with Crippen LogP contribution in [0, 0.1) is 0 Å². The van der Waals surface area contributed by atoms with Gasteiger partial charge >= 0.3 is 16.5 Å². The summed E-state index contributed by atoms with van der Waals surface area (Å²) in [5, 5.41) is -5.46. The van der Waals surface area contributed by atoms with Gasteiger partial charge in [-0.15, -0.1) is 4.48 Å². The third-order valence-corrected chi connectivity index (χ3v) is 1.23. The topological polar surface area (TPSA) is 61.9 Å². The lowest BCUT2D eigenvalue weighted by atomic mass is 10.8. The molecule has 0 atom stereocenters. The summed E-state index contributed by atoms with van der Waals surface area (Å²) in [4.78, 5) is 0. The van der Waals surface area contributed by atoms with Gasteiger partial charge in [-0.2, -0.15) is 12.6 Å². The Kier molecular flexibility index (Phi) is 4.07. The average Bonchev–Trinajstić information content (AvgIpc) is 1.97. The van der Waals surface area contributed by atoms with E-state index in [0.717, 1.165) is 0 Å². The molecule has 1 N–H and O–H groups in total. The Bertz CT molecular complexity index is 270. The first-order chi connectivity index (χ1) is 6.15. The van der Waals surface area contributed by atoms with Crippen LogP contribution >= 0.6 is 0 Å². The second kappa shape index (κ2) is 4.26. The molecule has 0 bridgehead atoms. The van der Waals surface area contributed by atoms with Gasteiger partial charge in [0.2, 0.25) is 0 Å². The molecule has 6 nitrogen and oxygen atoms in total. The zero-order chi connectivity index (χ0) is 11.6. The van der Waals surface area contributed by atoms with Gasteiger partial charge in [-0.05, 0) is 0 Å². The predicted molar refractivity (Wildman–Crippen MR) is 26.2 cm³/mol. The van der Waals surface area contributed by atoms with Crippen molar-refractivity contribution in [3.8, 4) is 0 Å². The van der Waals surface area contributed by atoms with E-state index in [2.05, 4.69) is 4.18 Å². The molecular formula is CHF6N3O3S. The summed E-state index contributed by atoms with van der Waals surface area (Å²) >= 11 is 0. The summed E-state index contributed by atoms with van der Waals surface area (Å²) in [5.41, 5.74) is -0.419. The quantitative estimate of drug-likeness (QED) is 0.330. The third kappa shape index (κ3) is 2.95. The molecule has 0 aliphatic carbocycles. The van der Waals surface area contributed by atoms with Crippen molar-refractivity contribution in [2.45, 2.75) is 5.97 Å². The van der Waals surface area contributed by atoms with E-state index in [9.17, 15) is 34.7 Å². The van der Waals surface area contributed by atoms with Gasteiger partial charge in [0.15, 0.2) is 0 Å². The molecular weight excluding hydrogens is 248 g/mol. The minimum atomic E-state index is -6.23. The molecule has 0 rings (SSSR count). The summed E-state index contributed by atoms with van der Waals surface area (Å²) < 4.78 is 91.1. The van der Waals surface area contributed by atoms with Gasteiger partial charge in [0.25, 0.3) is 0 Å². The van der Waals surface area contributed by atoms with Crippen LogP contribution in [0.3, 0.4) is 0 Å². The Morgan fingerprint density at radius 3 is 1.57 bits per heavy atom. The van der Waals surface area contributed by atoms with Crippen molar-refractivity contribution in [3.63, 3.8) is 0 Å². The highest BCUT2D eigenvalue weighted by atomic mass is 32.3. The second-order valence-corrected chi connectivity index (χ2v) is 2.60. The number of rotatable bonds is 5. The lowest BCUT2D eigenvalue weighted by Gasteiger charge is -2.26. The molecule has 0 aliphatic rings. The zero-order valence-corrected chi connectivity index (χ0v) is 6.61. The second-order valence-electron chi connectivity index (χ2n) is 1.65. The molecule has 14 heavy (non-hydrogen) atoms. The molecule has 0 aromatic heterocycles. The zero-order valence-electron chi connectivity index (χ0n) is 5.80. The molecule has 13 heteroatoms. The number of hydrogen-bond donors (Lipinski definition) is 1. The SMILES string of the molecule is O=S(=O)(F)OC(NF)(N(F)F)N(F)F. The summed E-state index contributed by atoms with van der Waals surface area (Å²) in [5.74, 6) is -4.85. The van der Waals surface area contributed by atoms with Gasteiger partial charge in [0, 0.05) is 0 Å². The first-order valence-electron chi connectivity index (χ1n) is 2.42. The molecule has 0 saturated carbocycles. The van der Waals surface area contributed by atoms with E-state index in [1.54, 1.807) is 0 Å². The lowest BCUT2D eigenvalue weighted by Crippen LogP contribution is -2.59. The molecule has 0 saturated heterocycles. The number of hydrogen-bond acceptors (Lipinski definition) is 6. The first kappa shape index (κ1) is 13.4. The summed E-state index contributed by atoms with van der Waals surface area (Å²) in [6, 6.07) is 0. The molecule has 0 unspecified atom stereocenters. The Balaban J connectivity index is 5.06. The highest BCUT2D eigenvalue weighted by molar-refractivity contribution is 7.81. The van der Waals surface area contributed by atoms with Crippen molar-refractivity contribution < 1.29 is 38.9 Å². The van der Waals surface area contributed by atoms with Gasteiger partial charge < -0.3 is 0 Å². The number of nitrogens with one attached hydrogen (secondary N) is 1. The van der Waals surface area contributed by atoms with Gasteiger partial charge in [0.05, 0.1) is 10.7 Å². The largest absolute Gasteiger partial charge is 0.441 e. The van der Waals surface area contributed by atoms with E-state index in [-0.39, 0.29) is 0 Å². The maximum atomic E-state index is 11.6. The maximum Gasteiger partial charge on any atom is 0.441 e. The molecule has 0 aromatic rings. The minimum Gasteiger partial charge on any atom is -0.179 e. The average molecular weight is 249 g/mol. The Labute approximate surface area is 72.7 Å². The van der Waals surface area contributed by atoms with Gasteiger partial charge in [-0.3, -0.25) is 0 Å². The van der Waals surface area contributed by atoms with Crippen LogP contribution in [0.15, 0.2) is 0 Å². The van der Waals surface area contributed by atoms with Crippen LogP contribution < -0.4 is 5.54 Å². The van der Waals surface area contributed by atoms with E-state index < -0.39 is 32.7 Å². The smallest absolute Gasteiger partial charge is 0.179 e. The van der Waals surface area contributed by atoms with Gasteiger partial charge in [0.1, 0.15) is 0 Å². The van der Waals surface area contributed by atoms with E-state index in [1.165, 1.54) is 0 Å². The normalized spacial score (nSPS) is 14.0. The predicted octanol–water partition coefficient (Wildman–Crippen LogP) is 0.445. The first-order valence-corrected chi connectivity index (χ1v) is 3.73. The van der Waals surface area contributed by atoms with E-state index >= 15 is 0 Å². The highest BCUT2D eigenvalue weighted by Gasteiger charge is 2.54. The van der Waals surface area contributed by atoms with Crippen LogP contribution in [-0.4, -0.2) is 25.1 Å². The van der Waals surface area contributed by atoms with E-state index in [0.29, 0.717) is 0 Å². The summed E-state index contributed by atoms with van der Waals surface area (Å²) in [6.07, 6.45) is 0. The fourth-order valence-corrected chi connectivity index (χ4v) is 0.754. The lowest BCUT2D eigenvalue weighted by molar-refractivity contribution is -0.456. The van der Waals surface area contributed by atoms with Crippen LogP contribution in [0.4, 0.5) is 26.3 Å². The van der Waals surface area contributed by atoms with Crippen LogP contribution in [0.1, 0.15) is 0 Å². The number of halogens is 6. The highest BCUT2D eigenvalue weighted by Crippen LogP contribution is 2.24. The van der Waals surface area contributed by atoms with Crippen molar-refractivity contribution in [1.82, 2.24) is 16.2 Å². The van der Waals surface area contributed by atoms with Crippen molar-refractivity contribution in [1.29, 1.82) is 0 Å². The summed E-state index contributed by atoms with van der Waals surface area (Å²) in [6.45, 7) is 0. The fourth-order valence-electron chi connectivity index (χ4n) is 0.332. The van der Waals surface area contributed by atoms with Gasteiger partial charge in [-0.25, -0.2) is 0 Å². The Hall–Kier alpha value is -0.630. The number of nitrogens with zero attached hydrogens (tertiary/aromatic N) is 2. The standard InChI is InChI=1S/CHF6N3O3S/c2-8-1(9(3)4,10(5)6)13-14(7,11)12/h8H.